The van der Waals surface area contributed by atoms with Crippen LogP contribution in [0, 0.1) is 0 Å². The summed E-state index contributed by atoms with van der Waals surface area (Å²) in [5.41, 5.74) is 0. The lowest BCUT2D eigenvalue weighted by atomic mass is 10.1. The first-order valence-electron chi connectivity index (χ1n) is 7.95. The Hall–Kier alpha value is -0.160. The van der Waals surface area contributed by atoms with E-state index in [0.717, 1.165) is 19.4 Å². The normalized spacial score (nSPS) is 27.3. The highest BCUT2D eigenvalue weighted by atomic mass is 16.5. The topological polar surface area (TPSA) is 50.7 Å². The number of hydrogen-bond acceptors (Lipinski definition) is 4. The van der Waals surface area contributed by atoms with Crippen LogP contribution < -0.4 is 5.32 Å². The predicted molar refractivity (Wildman–Crippen MR) is 75.3 cm³/mol. The van der Waals surface area contributed by atoms with Gasteiger partial charge in [0.1, 0.15) is 0 Å². The minimum atomic E-state index is -0.398. The van der Waals surface area contributed by atoms with Gasteiger partial charge in [0.15, 0.2) is 0 Å². The summed E-state index contributed by atoms with van der Waals surface area (Å²) in [6, 6.07) is 0.593. The van der Waals surface area contributed by atoms with Gasteiger partial charge in [-0.15, -0.1) is 0 Å². The molecule has 2 aliphatic rings. The van der Waals surface area contributed by atoms with Gasteiger partial charge in [-0.3, -0.25) is 0 Å². The summed E-state index contributed by atoms with van der Waals surface area (Å²) in [7, 11) is 0. The van der Waals surface area contributed by atoms with Crippen molar-refractivity contribution in [1.82, 2.24) is 5.32 Å². The lowest BCUT2D eigenvalue weighted by Gasteiger charge is -2.19. The molecule has 1 saturated carbocycles. The molecule has 1 aliphatic carbocycles. The fourth-order valence-electron chi connectivity index (χ4n) is 2.96. The number of aliphatic hydroxyl groups excluding tert-OH is 1. The van der Waals surface area contributed by atoms with Crippen molar-refractivity contribution in [2.24, 2.45) is 0 Å². The van der Waals surface area contributed by atoms with Crippen LogP contribution >= 0.6 is 0 Å². The largest absolute Gasteiger partial charge is 0.389 e. The molecule has 0 aromatic rings. The van der Waals surface area contributed by atoms with E-state index < -0.39 is 6.10 Å². The average Bonchev–Trinajstić information content (AvgIpc) is 2.79. The SMILES string of the molecule is OC(CNC1CCCCCC1)COCC1CCCO1. The Morgan fingerprint density at radius 2 is 1.89 bits per heavy atom. The second-order valence-electron chi connectivity index (χ2n) is 5.92. The van der Waals surface area contributed by atoms with Crippen LogP contribution in [0.5, 0.6) is 0 Å². The molecule has 0 radical (unpaired) electrons. The van der Waals surface area contributed by atoms with Gasteiger partial charge in [-0.2, -0.15) is 0 Å². The molecule has 0 amide bonds. The lowest BCUT2D eigenvalue weighted by molar-refractivity contribution is -0.0170. The summed E-state index contributed by atoms with van der Waals surface area (Å²) < 4.78 is 11.0. The van der Waals surface area contributed by atoms with Gasteiger partial charge in [0.05, 0.1) is 25.4 Å². The fourth-order valence-corrected chi connectivity index (χ4v) is 2.96. The Labute approximate surface area is 116 Å². The van der Waals surface area contributed by atoms with Gasteiger partial charge in [-0.1, -0.05) is 25.7 Å². The first-order valence-corrected chi connectivity index (χ1v) is 7.95. The van der Waals surface area contributed by atoms with Gasteiger partial charge in [0.25, 0.3) is 0 Å². The highest BCUT2D eigenvalue weighted by molar-refractivity contribution is 4.72. The molecule has 1 aliphatic heterocycles. The first kappa shape index (κ1) is 15.2. The molecule has 0 spiro atoms. The monoisotopic (exact) mass is 271 g/mol. The van der Waals surface area contributed by atoms with Crippen molar-refractivity contribution in [3.8, 4) is 0 Å². The molecular formula is C15H29NO3. The third-order valence-corrected chi connectivity index (χ3v) is 4.14. The Bertz CT molecular complexity index is 223. The molecular weight excluding hydrogens is 242 g/mol. The molecule has 4 nitrogen and oxygen atoms in total. The number of nitrogens with one attached hydrogen (secondary N) is 1. The maximum absolute atomic E-state index is 9.90. The van der Waals surface area contributed by atoms with E-state index in [0.29, 0.717) is 25.8 Å². The number of aliphatic hydroxyl groups is 1. The van der Waals surface area contributed by atoms with E-state index in [9.17, 15) is 5.11 Å². The second kappa shape index (κ2) is 8.90. The fraction of sp³-hybridized carbons (Fsp3) is 1.00. The summed E-state index contributed by atoms with van der Waals surface area (Å²) in [6.07, 6.45) is 9.97. The number of hydrogen-bond donors (Lipinski definition) is 2. The van der Waals surface area contributed by atoms with Crippen LogP contribution in [0.4, 0.5) is 0 Å². The van der Waals surface area contributed by atoms with Crippen molar-refractivity contribution in [3.63, 3.8) is 0 Å². The van der Waals surface area contributed by atoms with Crippen LogP contribution in [0.25, 0.3) is 0 Å². The molecule has 2 rings (SSSR count). The lowest BCUT2D eigenvalue weighted by Crippen LogP contribution is -2.37. The number of ether oxygens (including phenoxy) is 2. The molecule has 2 unspecified atom stereocenters. The minimum Gasteiger partial charge on any atom is -0.389 e. The van der Waals surface area contributed by atoms with Crippen LogP contribution in [0.3, 0.4) is 0 Å². The smallest absolute Gasteiger partial charge is 0.0897 e. The van der Waals surface area contributed by atoms with Gasteiger partial charge in [-0.25, -0.2) is 0 Å². The quantitative estimate of drug-likeness (QED) is 0.694. The van der Waals surface area contributed by atoms with Crippen molar-refractivity contribution in [2.45, 2.75) is 69.6 Å². The first-order chi connectivity index (χ1) is 9.34. The van der Waals surface area contributed by atoms with Gasteiger partial charge in [0, 0.05) is 19.2 Å². The van der Waals surface area contributed by atoms with E-state index in [1.807, 2.05) is 0 Å². The van der Waals surface area contributed by atoms with E-state index in [4.69, 9.17) is 9.47 Å². The molecule has 112 valence electrons. The van der Waals surface area contributed by atoms with Gasteiger partial charge >= 0.3 is 0 Å². The molecule has 2 fully saturated rings. The van der Waals surface area contributed by atoms with E-state index in [-0.39, 0.29) is 6.10 Å². The Balaban J connectivity index is 1.49. The van der Waals surface area contributed by atoms with Gasteiger partial charge in [-0.05, 0) is 25.7 Å². The highest BCUT2D eigenvalue weighted by Crippen LogP contribution is 2.17. The molecule has 0 aromatic carbocycles. The maximum Gasteiger partial charge on any atom is 0.0897 e. The highest BCUT2D eigenvalue weighted by Gasteiger charge is 2.17. The standard InChI is InChI=1S/C15H29NO3/c17-14(11-18-12-15-8-5-9-19-15)10-16-13-6-3-1-2-4-7-13/h13-17H,1-12H2. The zero-order valence-electron chi connectivity index (χ0n) is 12.0. The summed E-state index contributed by atoms with van der Waals surface area (Å²) >= 11 is 0. The number of rotatable bonds is 7. The zero-order valence-corrected chi connectivity index (χ0v) is 12.0. The van der Waals surface area contributed by atoms with E-state index in [1.165, 1.54) is 38.5 Å². The third-order valence-electron chi connectivity index (χ3n) is 4.14. The van der Waals surface area contributed by atoms with E-state index in [1.54, 1.807) is 0 Å². The zero-order chi connectivity index (χ0) is 13.3. The third kappa shape index (κ3) is 6.21. The van der Waals surface area contributed by atoms with Crippen LogP contribution in [-0.2, 0) is 9.47 Å². The molecule has 2 N–H and O–H groups in total. The van der Waals surface area contributed by atoms with Crippen LogP contribution in [0.15, 0.2) is 0 Å². The Morgan fingerprint density at radius 1 is 1.11 bits per heavy atom. The van der Waals surface area contributed by atoms with Crippen molar-refractivity contribution < 1.29 is 14.6 Å². The maximum atomic E-state index is 9.90. The van der Waals surface area contributed by atoms with Gasteiger partial charge < -0.3 is 19.9 Å². The molecule has 1 saturated heterocycles. The van der Waals surface area contributed by atoms with E-state index >= 15 is 0 Å². The summed E-state index contributed by atoms with van der Waals surface area (Å²) in [4.78, 5) is 0. The van der Waals surface area contributed by atoms with Crippen LogP contribution in [0.1, 0.15) is 51.4 Å². The van der Waals surface area contributed by atoms with Crippen molar-refractivity contribution in [3.05, 3.63) is 0 Å². The molecule has 2 atom stereocenters. The van der Waals surface area contributed by atoms with Crippen molar-refractivity contribution in [2.75, 3.05) is 26.4 Å². The van der Waals surface area contributed by atoms with Crippen LogP contribution in [0.2, 0.25) is 0 Å². The van der Waals surface area contributed by atoms with E-state index in [2.05, 4.69) is 5.32 Å². The molecule has 19 heavy (non-hydrogen) atoms. The second-order valence-corrected chi connectivity index (χ2v) is 5.92. The summed E-state index contributed by atoms with van der Waals surface area (Å²) in [6.45, 7) is 2.55. The van der Waals surface area contributed by atoms with Crippen molar-refractivity contribution in [1.29, 1.82) is 0 Å². The molecule has 0 bridgehead atoms. The summed E-state index contributed by atoms with van der Waals surface area (Å²) in [5, 5.41) is 13.4. The Kier molecular flexibility index (Phi) is 7.14. The molecule has 4 heteroatoms. The summed E-state index contributed by atoms with van der Waals surface area (Å²) in [5.74, 6) is 0. The Morgan fingerprint density at radius 3 is 2.58 bits per heavy atom. The predicted octanol–water partition coefficient (Wildman–Crippen LogP) is 1.86. The molecule has 1 heterocycles. The van der Waals surface area contributed by atoms with Gasteiger partial charge in [0.2, 0.25) is 0 Å². The van der Waals surface area contributed by atoms with Crippen LogP contribution in [-0.4, -0.2) is 49.7 Å². The molecule has 0 aromatic heterocycles. The van der Waals surface area contributed by atoms with Crippen molar-refractivity contribution >= 4 is 0 Å². The average molecular weight is 271 g/mol. The minimum absolute atomic E-state index is 0.252.